The maximum atomic E-state index is 4.31. The molecule has 1 aromatic heterocycles. The van der Waals surface area contributed by atoms with Gasteiger partial charge in [0.2, 0.25) is 0 Å². The molecule has 120 valence electrons. The minimum atomic E-state index is 0.418. The van der Waals surface area contributed by atoms with Gasteiger partial charge in [0.25, 0.3) is 0 Å². The molecule has 1 heterocycles. The van der Waals surface area contributed by atoms with Crippen molar-refractivity contribution in [1.82, 2.24) is 15.5 Å². The molecule has 0 saturated carbocycles. The molecule has 0 amide bonds. The number of nitrogens with zero attached hydrogens (tertiary/aromatic N) is 2. The third-order valence-electron chi connectivity index (χ3n) is 4.27. The molecule has 3 heteroatoms. The van der Waals surface area contributed by atoms with Crippen LogP contribution >= 0.6 is 0 Å². The van der Waals surface area contributed by atoms with Crippen molar-refractivity contribution in [1.29, 1.82) is 0 Å². The van der Waals surface area contributed by atoms with Crippen LogP contribution in [0.1, 0.15) is 82.3 Å². The Morgan fingerprint density at radius 2 is 1.86 bits per heavy atom. The molecule has 1 N–H and O–H groups in total. The molecule has 0 bridgehead atoms. The predicted octanol–water partition coefficient (Wildman–Crippen LogP) is 4.74. The third kappa shape index (κ3) is 6.13. The van der Waals surface area contributed by atoms with E-state index in [0.29, 0.717) is 6.04 Å². The SMILES string of the molecule is CCCCC(CC)CC(NCCC)c1cc(C)nnc1C. The molecule has 0 fully saturated rings. The van der Waals surface area contributed by atoms with Crippen molar-refractivity contribution in [2.24, 2.45) is 5.92 Å². The highest BCUT2D eigenvalue weighted by Crippen LogP contribution is 2.28. The Kier molecular flexibility index (Phi) is 8.51. The van der Waals surface area contributed by atoms with Crippen LogP contribution in [-0.4, -0.2) is 16.7 Å². The molecule has 2 atom stereocenters. The van der Waals surface area contributed by atoms with Crippen molar-refractivity contribution in [2.45, 2.75) is 79.2 Å². The molecule has 3 nitrogen and oxygen atoms in total. The largest absolute Gasteiger partial charge is 0.310 e. The zero-order valence-electron chi connectivity index (χ0n) is 14.6. The lowest BCUT2D eigenvalue weighted by Crippen LogP contribution is -2.26. The summed E-state index contributed by atoms with van der Waals surface area (Å²) < 4.78 is 0. The average Bonchev–Trinajstić information content (AvgIpc) is 2.49. The number of hydrogen-bond acceptors (Lipinski definition) is 3. The highest BCUT2D eigenvalue weighted by molar-refractivity contribution is 5.23. The van der Waals surface area contributed by atoms with E-state index in [9.17, 15) is 0 Å². The minimum Gasteiger partial charge on any atom is -0.310 e. The third-order valence-corrected chi connectivity index (χ3v) is 4.27. The molecule has 0 aromatic carbocycles. The number of aromatic nitrogens is 2. The molecule has 2 unspecified atom stereocenters. The fraction of sp³-hybridized carbons (Fsp3) is 0.778. The van der Waals surface area contributed by atoms with E-state index >= 15 is 0 Å². The van der Waals surface area contributed by atoms with Crippen LogP contribution in [-0.2, 0) is 0 Å². The molecule has 0 saturated heterocycles. The van der Waals surface area contributed by atoms with Crippen LogP contribution in [0.2, 0.25) is 0 Å². The summed E-state index contributed by atoms with van der Waals surface area (Å²) in [4.78, 5) is 0. The zero-order valence-corrected chi connectivity index (χ0v) is 14.6. The van der Waals surface area contributed by atoms with Gasteiger partial charge in [-0.25, -0.2) is 0 Å². The number of rotatable bonds is 10. The molecule has 0 spiro atoms. The Morgan fingerprint density at radius 3 is 2.48 bits per heavy atom. The fourth-order valence-corrected chi connectivity index (χ4v) is 2.88. The molecule has 0 radical (unpaired) electrons. The highest BCUT2D eigenvalue weighted by Gasteiger charge is 2.19. The van der Waals surface area contributed by atoms with Gasteiger partial charge in [-0.2, -0.15) is 10.2 Å². The first kappa shape index (κ1) is 18.1. The van der Waals surface area contributed by atoms with E-state index < -0.39 is 0 Å². The van der Waals surface area contributed by atoms with Gasteiger partial charge < -0.3 is 5.32 Å². The smallest absolute Gasteiger partial charge is 0.0648 e. The van der Waals surface area contributed by atoms with E-state index in [2.05, 4.69) is 49.3 Å². The van der Waals surface area contributed by atoms with Gasteiger partial charge in [0, 0.05) is 6.04 Å². The van der Waals surface area contributed by atoms with Crippen molar-refractivity contribution in [3.8, 4) is 0 Å². The van der Waals surface area contributed by atoms with Crippen molar-refractivity contribution in [3.05, 3.63) is 23.0 Å². The lowest BCUT2D eigenvalue weighted by atomic mass is 9.88. The molecular formula is C18H33N3. The van der Waals surface area contributed by atoms with Crippen LogP contribution in [0.3, 0.4) is 0 Å². The topological polar surface area (TPSA) is 37.8 Å². The van der Waals surface area contributed by atoms with Crippen molar-refractivity contribution in [3.63, 3.8) is 0 Å². The Hall–Kier alpha value is -0.960. The van der Waals surface area contributed by atoms with Gasteiger partial charge in [0.05, 0.1) is 11.4 Å². The first-order valence-corrected chi connectivity index (χ1v) is 8.66. The van der Waals surface area contributed by atoms with E-state index in [1.165, 1.54) is 44.1 Å². The number of nitrogens with one attached hydrogen (secondary N) is 1. The summed E-state index contributed by atoms with van der Waals surface area (Å²) in [5, 5.41) is 12.2. The summed E-state index contributed by atoms with van der Waals surface area (Å²) in [6.45, 7) is 12.0. The summed E-state index contributed by atoms with van der Waals surface area (Å²) in [5.41, 5.74) is 3.42. The van der Waals surface area contributed by atoms with Gasteiger partial charge in [-0.3, -0.25) is 0 Å². The molecule has 1 rings (SSSR count). The summed E-state index contributed by atoms with van der Waals surface area (Å²) in [5.74, 6) is 0.798. The highest BCUT2D eigenvalue weighted by atomic mass is 15.1. The van der Waals surface area contributed by atoms with Crippen molar-refractivity contribution in [2.75, 3.05) is 6.54 Å². The monoisotopic (exact) mass is 291 g/mol. The normalized spacial score (nSPS) is 14.1. The van der Waals surface area contributed by atoms with E-state index in [4.69, 9.17) is 0 Å². The standard InChI is InChI=1S/C18H33N3/c1-6-9-10-16(8-3)13-18(19-11-7-2)17-12-14(4)20-21-15(17)5/h12,16,18-19H,6-11,13H2,1-5H3. The average molecular weight is 291 g/mol. The molecular weight excluding hydrogens is 258 g/mol. The molecule has 0 aliphatic carbocycles. The van der Waals surface area contributed by atoms with Gasteiger partial charge in [0.1, 0.15) is 0 Å². The number of aryl methyl sites for hydroxylation is 2. The van der Waals surface area contributed by atoms with E-state index in [1.54, 1.807) is 0 Å². The summed E-state index contributed by atoms with van der Waals surface area (Å²) in [6.07, 6.45) is 7.61. The van der Waals surface area contributed by atoms with Gasteiger partial charge in [-0.15, -0.1) is 0 Å². The quantitative estimate of drug-likeness (QED) is 0.676. The van der Waals surface area contributed by atoms with Crippen LogP contribution in [0.4, 0.5) is 0 Å². The van der Waals surface area contributed by atoms with E-state index in [-0.39, 0.29) is 0 Å². The first-order chi connectivity index (χ1) is 10.1. The predicted molar refractivity (Wildman–Crippen MR) is 90.5 cm³/mol. The van der Waals surface area contributed by atoms with Crippen molar-refractivity contribution < 1.29 is 0 Å². The summed E-state index contributed by atoms with van der Waals surface area (Å²) >= 11 is 0. The lowest BCUT2D eigenvalue weighted by molar-refractivity contribution is 0.352. The maximum absolute atomic E-state index is 4.31. The van der Waals surface area contributed by atoms with Gasteiger partial charge in [-0.1, -0.05) is 46.5 Å². The minimum absolute atomic E-state index is 0.418. The second kappa shape index (κ2) is 9.88. The number of hydrogen-bond donors (Lipinski definition) is 1. The van der Waals surface area contributed by atoms with Crippen LogP contribution in [0.5, 0.6) is 0 Å². The summed E-state index contributed by atoms with van der Waals surface area (Å²) in [7, 11) is 0. The van der Waals surface area contributed by atoms with E-state index in [0.717, 1.165) is 23.9 Å². The molecule has 21 heavy (non-hydrogen) atoms. The molecule has 0 aliphatic heterocycles. The van der Waals surface area contributed by atoms with Crippen molar-refractivity contribution >= 4 is 0 Å². The van der Waals surface area contributed by atoms with Gasteiger partial charge >= 0.3 is 0 Å². The maximum Gasteiger partial charge on any atom is 0.0648 e. The second-order valence-corrected chi connectivity index (χ2v) is 6.19. The Labute approximate surface area is 130 Å². The second-order valence-electron chi connectivity index (χ2n) is 6.19. The lowest BCUT2D eigenvalue weighted by Gasteiger charge is -2.25. The van der Waals surface area contributed by atoms with Crippen LogP contribution < -0.4 is 5.32 Å². The Morgan fingerprint density at radius 1 is 1.10 bits per heavy atom. The summed E-state index contributed by atoms with van der Waals surface area (Å²) in [6, 6.07) is 2.63. The first-order valence-electron chi connectivity index (χ1n) is 8.66. The molecule has 1 aromatic rings. The van der Waals surface area contributed by atoms with Crippen LogP contribution in [0, 0.1) is 19.8 Å². The fourth-order valence-electron chi connectivity index (χ4n) is 2.88. The van der Waals surface area contributed by atoms with Crippen LogP contribution in [0.15, 0.2) is 6.07 Å². The van der Waals surface area contributed by atoms with Gasteiger partial charge in [-0.05, 0) is 50.8 Å². The zero-order chi connectivity index (χ0) is 15.7. The van der Waals surface area contributed by atoms with Crippen LogP contribution in [0.25, 0.3) is 0 Å². The van der Waals surface area contributed by atoms with Gasteiger partial charge in [0.15, 0.2) is 0 Å². The Balaban J connectivity index is 2.85. The van der Waals surface area contributed by atoms with E-state index in [1.807, 2.05) is 6.92 Å². The Bertz CT molecular complexity index is 403. The molecule has 0 aliphatic rings. The number of unbranched alkanes of at least 4 members (excludes halogenated alkanes) is 1.